The smallest absolute Gasteiger partial charge is 0.292 e. The Kier molecular flexibility index (Phi) is 4.54. The van der Waals surface area contributed by atoms with E-state index in [9.17, 15) is 18.7 Å². The number of amides is 1. The van der Waals surface area contributed by atoms with Crippen LogP contribution in [0.25, 0.3) is 5.52 Å². The topological polar surface area (TPSA) is 113 Å². The Labute approximate surface area is 174 Å². The van der Waals surface area contributed by atoms with E-state index in [-0.39, 0.29) is 12.4 Å². The van der Waals surface area contributed by atoms with Crippen LogP contribution in [-0.2, 0) is 6.42 Å². The summed E-state index contributed by atoms with van der Waals surface area (Å²) in [5.41, 5.74) is 2.01. The quantitative estimate of drug-likeness (QED) is 0.517. The number of carbonyl (C=O) groups is 1. The predicted molar refractivity (Wildman–Crippen MR) is 102 cm³/mol. The molecule has 0 aromatic carbocycles. The van der Waals surface area contributed by atoms with Gasteiger partial charge in [-0.2, -0.15) is 5.10 Å². The largest absolute Gasteiger partial charge is 0.432 e. The fraction of sp³-hybridized carbons (Fsp3) is 0.300. The number of hydrogen-bond acceptors (Lipinski definition) is 6. The maximum atomic E-state index is 13.6. The molecule has 1 unspecified atom stereocenters. The monoisotopic (exact) mass is 428 g/mol. The van der Waals surface area contributed by atoms with E-state index in [4.69, 9.17) is 4.42 Å². The zero-order valence-electron chi connectivity index (χ0n) is 16.4. The van der Waals surface area contributed by atoms with Gasteiger partial charge in [0.1, 0.15) is 12.1 Å². The molecule has 0 spiro atoms. The number of aromatic nitrogens is 5. The molecule has 1 amide bonds. The molecule has 31 heavy (non-hydrogen) atoms. The van der Waals surface area contributed by atoms with Gasteiger partial charge in [-0.15, -0.1) is 0 Å². The molecule has 0 fully saturated rings. The highest BCUT2D eigenvalue weighted by molar-refractivity contribution is 5.93. The highest BCUT2D eigenvalue weighted by atomic mass is 19.3. The van der Waals surface area contributed by atoms with E-state index in [1.165, 1.54) is 18.2 Å². The van der Waals surface area contributed by atoms with Gasteiger partial charge in [-0.3, -0.25) is 4.79 Å². The lowest BCUT2D eigenvalue weighted by atomic mass is 9.99. The third-order valence-corrected chi connectivity index (χ3v) is 5.28. The molecule has 11 heteroatoms. The fourth-order valence-electron chi connectivity index (χ4n) is 3.85. The van der Waals surface area contributed by atoms with Crippen LogP contribution in [-0.4, -0.2) is 47.0 Å². The number of H-pyrrole nitrogens is 1. The van der Waals surface area contributed by atoms with Crippen LogP contribution >= 0.6 is 0 Å². The minimum absolute atomic E-state index is 0.236. The van der Waals surface area contributed by atoms with Crippen molar-refractivity contribution in [3.8, 4) is 0 Å². The summed E-state index contributed by atoms with van der Waals surface area (Å²) < 4.78 is 34.1. The number of oxazole rings is 1. The molecule has 0 bridgehead atoms. The van der Waals surface area contributed by atoms with Crippen molar-refractivity contribution in [1.29, 1.82) is 0 Å². The highest BCUT2D eigenvalue weighted by Gasteiger charge is 2.39. The number of halogens is 2. The molecular weight excluding hydrogens is 410 g/mol. The molecule has 0 aliphatic carbocycles. The molecule has 4 aromatic heterocycles. The number of nitrogens with zero attached hydrogens (tertiary/aromatic N) is 5. The summed E-state index contributed by atoms with van der Waals surface area (Å²) in [5.74, 6) is -1.68. The van der Waals surface area contributed by atoms with E-state index in [2.05, 4.69) is 20.1 Å². The average molecular weight is 428 g/mol. The van der Waals surface area contributed by atoms with Crippen molar-refractivity contribution in [1.82, 2.24) is 29.5 Å². The summed E-state index contributed by atoms with van der Waals surface area (Å²) in [5, 5.41) is 14.3. The minimum Gasteiger partial charge on any atom is -0.432 e. The Bertz CT molecular complexity index is 1230. The number of nitrogens with one attached hydrogen (secondary N) is 1. The first kappa shape index (κ1) is 19.4. The fourth-order valence-corrected chi connectivity index (χ4v) is 3.85. The van der Waals surface area contributed by atoms with E-state index in [0.717, 1.165) is 11.2 Å². The van der Waals surface area contributed by atoms with Crippen LogP contribution in [0.2, 0.25) is 0 Å². The van der Waals surface area contributed by atoms with Crippen LogP contribution in [0.3, 0.4) is 0 Å². The maximum Gasteiger partial charge on any atom is 0.292 e. The molecule has 0 saturated heterocycles. The lowest BCUT2D eigenvalue weighted by Crippen LogP contribution is -2.41. The molecule has 9 nitrogen and oxygen atoms in total. The predicted octanol–water partition coefficient (Wildman–Crippen LogP) is 2.82. The molecule has 5 rings (SSSR count). The third kappa shape index (κ3) is 3.17. The zero-order chi connectivity index (χ0) is 21.7. The molecule has 1 aliphatic heterocycles. The van der Waals surface area contributed by atoms with Gasteiger partial charge in [-0.05, 0) is 25.1 Å². The molecule has 2 atom stereocenters. The number of alkyl halides is 2. The van der Waals surface area contributed by atoms with Gasteiger partial charge >= 0.3 is 0 Å². The van der Waals surface area contributed by atoms with Gasteiger partial charge in [0.15, 0.2) is 5.69 Å². The molecule has 4 aromatic rings. The standard InChI is InChI=1S/C20H18F2N6O3/c1-10(29)19-25-15(18(21)22)17(31-19)20(30)27-7-5-12-14(24-9-23-12)16(27)13-8-11-4-2-3-6-28(11)26-13/h2-4,6,8-10,16,18,29H,5,7H2,1H3,(H,23,24)/t10-,16?/m0/s1. The summed E-state index contributed by atoms with van der Waals surface area (Å²) >= 11 is 0. The number of imidazole rings is 1. The van der Waals surface area contributed by atoms with Crippen molar-refractivity contribution in [2.24, 2.45) is 0 Å². The number of aliphatic hydroxyl groups is 1. The summed E-state index contributed by atoms with van der Waals surface area (Å²) in [6.07, 6.45) is -0.486. The average Bonchev–Trinajstić information content (AvgIpc) is 3.49. The van der Waals surface area contributed by atoms with Crippen molar-refractivity contribution < 1.29 is 23.1 Å². The van der Waals surface area contributed by atoms with Crippen molar-refractivity contribution in [3.63, 3.8) is 0 Å². The Morgan fingerprint density at radius 1 is 1.39 bits per heavy atom. The Morgan fingerprint density at radius 3 is 2.97 bits per heavy atom. The minimum atomic E-state index is -3.03. The van der Waals surface area contributed by atoms with Gasteiger partial charge in [-0.1, -0.05) is 6.07 Å². The van der Waals surface area contributed by atoms with Crippen LogP contribution in [0, 0.1) is 0 Å². The second-order valence-electron chi connectivity index (χ2n) is 7.30. The number of aromatic amines is 1. The number of carbonyl (C=O) groups excluding carboxylic acids is 1. The number of hydrogen-bond donors (Lipinski definition) is 2. The SMILES string of the molecule is C[C@H](O)c1nc(C(F)F)c(C(=O)N2CCc3[nH]cnc3C2c2cc3ccccn3n2)o1. The molecule has 5 heterocycles. The second-order valence-corrected chi connectivity index (χ2v) is 7.30. The van der Waals surface area contributed by atoms with Gasteiger partial charge in [0.05, 0.1) is 23.2 Å². The summed E-state index contributed by atoms with van der Waals surface area (Å²) in [7, 11) is 0. The number of pyridine rings is 1. The van der Waals surface area contributed by atoms with Gasteiger partial charge in [0, 0.05) is 24.9 Å². The van der Waals surface area contributed by atoms with Crippen LogP contribution in [0.1, 0.15) is 64.7 Å². The molecule has 2 N–H and O–H groups in total. The zero-order valence-corrected chi connectivity index (χ0v) is 16.4. The van der Waals surface area contributed by atoms with Crippen LogP contribution in [0.5, 0.6) is 0 Å². The molecule has 160 valence electrons. The first-order chi connectivity index (χ1) is 14.9. The first-order valence-corrected chi connectivity index (χ1v) is 9.68. The van der Waals surface area contributed by atoms with Crippen LogP contribution in [0.15, 0.2) is 41.2 Å². The van der Waals surface area contributed by atoms with E-state index in [1.54, 1.807) is 10.7 Å². The second kappa shape index (κ2) is 7.27. The van der Waals surface area contributed by atoms with Crippen LogP contribution < -0.4 is 0 Å². The van der Waals surface area contributed by atoms with E-state index < -0.39 is 35.9 Å². The van der Waals surface area contributed by atoms with E-state index >= 15 is 0 Å². The Morgan fingerprint density at radius 2 is 2.23 bits per heavy atom. The Balaban J connectivity index is 1.61. The lowest BCUT2D eigenvalue weighted by molar-refractivity contribution is 0.0631. The molecular formula is C20H18F2N6O3. The van der Waals surface area contributed by atoms with Gasteiger partial charge in [-0.25, -0.2) is 23.3 Å². The number of aliphatic hydroxyl groups excluding tert-OH is 1. The summed E-state index contributed by atoms with van der Waals surface area (Å²) in [6.45, 7) is 1.56. The van der Waals surface area contributed by atoms with Gasteiger partial charge in [0.2, 0.25) is 11.7 Å². The summed E-state index contributed by atoms with van der Waals surface area (Å²) in [6, 6.07) is 6.69. The number of fused-ring (bicyclic) bond motifs is 2. The van der Waals surface area contributed by atoms with Crippen LogP contribution in [0.4, 0.5) is 8.78 Å². The van der Waals surface area contributed by atoms with Crippen molar-refractivity contribution in [2.45, 2.75) is 31.9 Å². The summed E-state index contributed by atoms with van der Waals surface area (Å²) in [4.78, 5) is 25.9. The van der Waals surface area contributed by atoms with Crippen molar-refractivity contribution in [3.05, 3.63) is 71.2 Å². The van der Waals surface area contributed by atoms with Crippen molar-refractivity contribution >= 4 is 11.4 Å². The first-order valence-electron chi connectivity index (χ1n) is 9.68. The molecule has 0 radical (unpaired) electrons. The molecule has 1 aliphatic rings. The van der Waals surface area contributed by atoms with Gasteiger partial charge < -0.3 is 19.4 Å². The highest BCUT2D eigenvalue weighted by Crippen LogP contribution is 2.36. The number of rotatable bonds is 4. The van der Waals surface area contributed by atoms with E-state index in [0.29, 0.717) is 17.8 Å². The normalized spacial score (nSPS) is 17.3. The molecule has 0 saturated carbocycles. The van der Waals surface area contributed by atoms with Gasteiger partial charge in [0.25, 0.3) is 12.3 Å². The lowest BCUT2D eigenvalue weighted by Gasteiger charge is -2.33. The van der Waals surface area contributed by atoms with Crippen molar-refractivity contribution in [2.75, 3.05) is 6.54 Å². The van der Waals surface area contributed by atoms with E-state index in [1.807, 2.05) is 24.3 Å². The maximum absolute atomic E-state index is 13.6. The Hall–Kier alpha value is -3.60. The third-order valence-electron chi connectivity index (χ3n) is 5.28.